The van der Waals surface area contributed by atoms with Gasteiger partial charge in [0.15, 0.2) is 0 Å². The highest BCUT2D eigenvalue weighted by molar-refractivity contribution is 7.13. The Morgan fingerprint density at radius 1 is 1.35 bits per heavy atom. The van der Waals surface area contributed by atoms with Crippen LogP contribution in [-0.4, -0.2) is 22.1 Å². The summed E-state index contributed by atoms with van der Waals surface area (Å²) >= 11 is 1.41. The first-order valence-corrected chi connectivity index (χ1v) is 6.24. The molecule has 0 aliphatic carbocycles. The predicted molar refractivity (Wildman–Crippen MR) is 66.6 cm³/mol. The first kappa shape index (κ1) is 11.9. The van der Waals surface area contributed by atoms with Gasteiger partial charge in [0.2, 0.25) is 5.88 Å². The summed E-state index contributed by atoms with van der Waals surface area (Å²) < 4.78 is 10.9. The number of hydrogen-bond donors (Lipinski definition) is 1. The molecule has 0 spiro atoms. The molecule has 90 valence electrons. The van der Waals surface area contributed by atoms with Gasteiger partial charge in [-0.1, -0.05) is 12.1 Å². The lowest BCUT2D eigenvalue weighted by atomic mass is 10.2. The monoisotopic (exact) mass is 251 g/mol. The molecule has 0 unspecified atom stereocenters. The maximum atomic E-state index is 10.3. The summed E-state index contributed by atoms with van der Waals surface area (Å²) in [7, 11) is 0. The Balaban J connectivity index is 1.85. The highest BCUT2D eigenvalue weighted by Gasteiger charge is 2.05. The quantitative estimate of drug-likeness (QED) is 0.802. The van der Waals surface area contributed by atoms with Crippen molar-refractivity contribution < 1.29 is 14.6 Å². The zero-order valence-corrected chi connectivity index (χ0v) is 10.1. The van der Waals surface area contributed by atoms with Crippen LogP contribution < -0.4 is 4.74 Å². The zero-order chi connectivity index (χ0) is 12.1. The lowest BCUT2D eigenvalue weighted by Crippen LogP contribution is -2.00. The second-order valence-corrected chi connectivity index (χ2v) is 4.49. The Morgan fingerprint density at radius 3 is 3.00 bits per heavy atom. The van der Waals surface area contributed by atoms with Crippen molar-refractivity contribution in [3.8, 4) is 5.88 Å². The Bertz CT molecular complexity index is 509. The molecule has 2 rings (SSSR count). The minimum absolute atomic E-state index is 0.196. The Kier molecular flexibility index (Phi) is 3.93. The van der Waals surface area contributed by atoms with Crippen LogP contribution in [0, 0.1) is 0 Å². The van der Waals surface area contributed by atoms with Gasteiger partial charge < -0.3 is 9.84 Å². The fourth-order valence-electron chi connectivity index (χ4n) is 1.51. The Morgan fingerprint density at radius 2 is 2.18 bits per heavy atom. The topological polar surface area (TPSA) is 59.4 Å². The van der Waals surface area contributed by atoms with E-state index in [1.165, 1.54) is 11.5 Å². The smallest absolute Gasteiger partial charge is 0.303 e. The molecule has 1 N–H and O–H groups in total. The molecule has 5 heteroatoms. The van der Waals surface area contributed by atoms with Gasteiger partial charge in [0, 0.05) is 6.42 Å². The summed E-state index contributed by atoms with van der Waals surface area (Å²) in [5.74, 6) is -0.106. The van der Waals surface area contributed by atoms with E-state index < -0.39 is 5.97 Å². The molecule has 17 heavy (non-hydrogen) atoms. The van der Waals surface area contributed by atoms with Crippen molar-refractivity contribution >= 4 is 27.6 Å². The van der Waals surface area contributed by atoms with Gasteiger partial charge >= 0.3 is 5.97 Å². The number of benzene rings is 1. The van der Waals surface area contributed by atoms with E-state index >= 15 is 0 Å². The second kappa shape index (κ2) is 5.63. The van der Waals surface area contributed by atoms with Crippen LogP contribution in [-0.2, 0) is 4.79 Å². The van der Waals surface area contributed by atoms with E-state index in [-0.39, 0.29) is 6.42 Å². The Hall–Kier alpha value is -1.62. The molecule has 1 aromatic heterocycles. The number of rotatable bonds is 6. The molecule has 0 atom stereocenters. The summed E-state index contributed by atoms with van der Waals surface area (Å²) in [6.45, 7) is 0.515. The molecule has 0 radical (unpaired) electrons. The highest BCUT2D eigenvalue weighted by Crippen LogP contribution is 2.28. The first-order valence-electron chi connectivity index (χ1n) is 5.46. The number of aliphatic carboxylic acids is 1. The molecule has 1 heterocycles. The number of carbonyl (C=O) groups is 1. The molecule has 0 saturated heterocycles. The van der Waals surface area contributed by atoms with E-state index in [0.717, 1.165) is 16.5 Å². The van der Waals surface area contributed by atoms with Crippen molar-refractivity contribution in [2.75, 3.05) is 6.61 Å². The van der Waals surface area contributed by atoms with Gasteiger partial charge in [-0.2, -0.15) is 4.37 Å². The predicted octanol–water partition coefficient (Wildman–Crippen LogP) is 2.93. The zero-order valence-electron chi connectivity index (χ0n) is 9.26. The normalized spacial score (nSPS) is 10.6. The van der Waals surface area contributed by atoms with Gasteiger partial charge in [-0.3, -0.25) is 4.79 Å². The fourth-order valence-corrected chi connectivity index (χ4v) is 2.24. The van der Waals surface area contributed by atoms with E-state index in [1.807, 2.05) is 24.3 Å². The van der Waals surface area contributed by atoms with Crippen molar-refractivity contribution in [1.82, 2.24) is 4.37 Å². The first-order chi connectivity index (χ1) is 8.27. The van der Waals surface area contributed by atoms with E-state index in [0.29, 0.717) is 18.9 Å². The molecule has 0 saturated carbocycles. The molecule has 0 aliphatic heterocycles. The number of ether oxygens (including phenoxy) is 1. The molecule has 2 aromatic rings. The third kappa shape index (κ3) is 3.17. The standard InChI is InChI=1S/C12H13NO3S/c14-11(15)7-3-4-8-16-12-9-5-1-2-6-10(9)17-13-12/h1-2,5-6H,3-4,7-8H2,(H,14,15). The third-order valence-corrected chi connectivity index (χ3v) is 3.18. The van der Waals surface area contributed by atoms with Gasteiger partial charge in [0.25, 0.3) is 0 Å². The summed E-state index contributed by atoms with van der Waals surface area (Å²) in [5.41, 5.74) is 0. The second-order valence-electron chi connectivity index (χ2n) is 3.68. The highest BCUT2D eigenvalue weighted by atomic mass is 32.1. The van der Waals surface area contributed by atoms with Crippen LogP contribution in [0.25, 0.3) is 10.1 Å². The summed E-state index contributed by atoms with van der Waals surface area (Å²) in [5, 5.41) is 9.51. The van der Waals surface area contributed by atoms with Gasteiger partial charge in [-0.25, -0.2) is 0 Å². The number of hydrogen-bond acceptors (Lipinski definition) is 4. The average Bonchev–Trinajstić information content (AvgIpc) is 2.72. The van der Waals surface area contributed by atoms with Crippen molar-refractivity contribution in [1.29, 1.82) is 0 Å². The third-order valence-electron chi connectivity index (χ3n) is 2.37. The summed E-state index contributed by atoms with van der Waals surface area (Å²) in [4.78, 5) is 10.3. The molecule has 0 aliphatic rings. The lowest BCUT2D eigenvalue weighted by molar-refractivity contribution is -0.137. The van der Waals surface area contributed by atoms with Crippen LogP contribution >= 0.6 is 11.5 Å². The summed E-state index contributed by atoms with van der Waals surface area (Å²) in [6, 6.07) is 7.90. The van der Waals surface area contributed by atoms with Crippen molar-refractivity contribution in [3.05, 3.63) is 24.3 Å². The van der Waals surface area contributed by atoms with Crippen LogP contribution in [0.5, 0.6) is 5.88 Å². The number of carboxylic acids is 1. The van der Waals surface area contributed by atoms with E-state index in [9.17, 15) is 4.79 Å². The van der Waals surface area contributed by atoms with Crippen molar-refractivity contribution in [2.45, 2.75) is 19.3 Å². The molecule has 1 aromatic carbocycles. The number of nitrogens with zero attached hydrogens (tertiary/aromatic N) is 1. The number of carboxylic acid groups (broad SMARTS) is 1. The van der Waals surface area contributed by atoms with Gasteiger partial charge in [-0.15, -0.1) is 0 Å². The lowest BCUT2D eigenvalue weighted by Gasteiger charge is -2.02. The van der Waals surface area contributed by atoms with Crippen molar-refractivity contribution in [2.24, 2.45) is 0 Å². The van der Waals surface area contributed by atoms with Crippen LogP contribution in [0.3, 0.4) is 0 Å². The van der Waals surface area contributed by atoms with Crippen LogP contribution in [0.1, 0.15) is 19.3 Å². The largest absolute Gasteiger partial charge is 0.481 e. The van der Waals surface area contributed by atoms with Gasteiger partial charge in [-0.05, 0) is 36.5 Å². The number of unbranched alkanes of at least 4 members (excludes halogenated alkanes) is 1. The van der Waals surface area contributed by atoms with E-state index in [2.05, 4.69) is 4.37 Å². The fraction of sp³-hybridized carbons (Fsp3) is 0.333. The van der Waals surface area contributed by atoms with E-state index in [1.54, 1.807) is 0 Å². The minimum atomic E-state index is -0.760. The number of aromatic nitrogens is 1. The Labute approximate surface area is 103 Å². The SMILES string of the molecule is O=C(O)CCCCOc1nsc2ccccc12. The molecule has 0 amide bonds. The van der Waals surface area contributed by atoms with Crippen LogP contribution in [0.15, 0.2) is 24.3 Å². The van der Waals surface area contributed by atoms with E-state index in [4.69, 9.17) is 9.84 Å². The molecular weight excluding hydrogens is 238 g/mol. The maximum absolute atomic E-state index is 10.3. The molecule has 4 nitrogen and oxygen atoms in total. The minimum Gasteiger partial charge on any atom is -0.481 e. The van der Waals surface area contributed by atoms with Gasteiger partial charge in [0.05, 0.1) is 16.7 Å². The molecule has 0 fully saturated rings. The molecular formula is C12H13NO3S. The van der Waals surface area contributed by atoms with Crippen LogP contribution in [0.4, 0.5) is 0 Å². The average molecular weight is 251 g/mol. The molecule has 0 bridgehead atoms. The van der Waals surface area contributed by atoms with Gasteiger partial charge in [0.1, 0.15) is 0 Å². The van der Waals surface area contributed by atoms with Crippen molar-refractivity contribution in [3.63, 3.8) is 0 Å². The van der Waals surface area contributed by atoms with Crippen LogP contribution in [0.2, 0.25) is 0 Å². The summed E-state index contributed by atoms with van der Waals surface area (Å²) in [6.07, 6.45) is 1.57. The number of fused-ring (bicyclic) bond motifs is 1. The maximum Gasteiger partial charge on any atom is 0.303 e.